The highest BCUT2D eigenvalue weighted by atomic mass is 16.5. The van der Waals surface area contributed by atoms with Crippen molar-refractivity contribution in [2.75, 3.05) is 18.1 Å². The van der Waals surface area contributed by atoms with Gasteiger partial charge in [0.05, 0.1) is 28.0 Å². The van der Waals surface area contributed by atoms with Gasteiger partial charge in [-0.05, 0) is 43.2 Å². The summed E-state index contributed by atoms with van der Waals surface area (Å²) in [7, 11) is 0. The standard InChI is InChI=1S/C34H29N3O5/c1-3-36-27-17-26(21-9-5-4-6-10-21)29(35-30(27)42-18-28(36)38)22-13-15-23(16-14-22)34(19-33(2,41)20-34)37-31(39)24-11-7-8-12-25(24)32(37)40/h4-17,41H,3,18-20H2,1-2H3/t33-,34+. The summed E-state index contributed by atoms with van der Waals surface area (Å²) in [5, 5.41) is 10.8. The number of hydrogen-bond acceptors (Lipinski definition) is 6. The lowest BCUT2D eigenvalue weighted by Crippen LogP contribution is -2.63. The van der Waals surface area contributed by atoms with E-state index >= 15 is 0 Å². The molecule has 0 spiro atoms. The maximum absolute atomic E-state index is 13.5. The van der Waals surface area contributed by atoms with Gasteiger partial charge in [0.15, 0.2) is 6.61 Å². The highest BCUT2D eigenvalue weighted by molar-refractivity contribution is 6.22. The molecule has 1 aliphatic carbocycles. The van der Waals surface area contributed by atoms with Crippen molar-refractivity contribution in [3.8, 4) is 28.3 Å². The molecule has 2 aliphatic heterocycles. The molecule has 3 amide bonds. The van der Waals surface area contributed by atoms with Crippen molar-refractivity contribution < 1.29 is 24.2 Å². The number of ether oxygens (including phenoxy) is 1. The van der Waals surface area contributed by atoms with Gasteiger partial charge in [0.2, 0.25) is 5.88 Å². The van der Waals surface area contributed by atoms with Crippen LogP contribution in [0.2, 0.25) is 0 Å². The monoisotopic (exact) mass is 559 g/mol. The fourth-order valence-electron chi connectivity index (χ4n) is 6.75. The van der Waals surface area contributed by atoms with Crippen LogP contribution in [0, 0.1) is 0 Å². The first-order valence-electron chi connectivity index (χ1n) is 14.1. The number of carbonyl (C=O) groups excluding carboxylic acids is 3. The first kappa shape index (κ1) is 26.1. The van der Waals surface area contributed by atoms with E-state index in [1.54, 1.807) is 36.1 Å². The molecule has 1 fully saturated rings. The van der Waals surface area contributed by atoms with E-state index in [0.29, 0.717) is 34.9 Å². The van der Waals surface area contributed by atoms with Crippen LogP contribution in [0.15, 0.2) is 84.9 Å². The second kappa shape index (κ2) is 9.36. The number of benzene rings is 3. The van der Waals surface area contributed by atoms with Gasteiger partial charge in [-0.1, -0.05) is 66.7 Å². The van der Waals surface area contributed by atoms with Crippen LogP contribution in [0.3, 0.4) is 0 Å². The SMILES string of the molecule is CCN1C(=O)COc2nc(-c3ccc([C@]4(N5C(=O)c6ccccc6C5=O)C[C@@](C)(O)C4)cc3)c(-c3ccccc3)cc21. The third kappa shape index (κ3) is 3.86. The van der Waals surface area contributed by atoms with Crippen LogP contribution >= 0.6 is 0 Å². The molecule has 0 unspecified atom stereocenters. The summed E-state index contributed by atoms with van der Waals surface area (Å²) in [5.41, 5.74) is 3.49. The summed E-state index contributed by atoms with van der Waals surface area (Å²) >= 11 is 0. The minimum atomic E-state index is -1.01. The number of aromatic nitrogens is 1. The lowest BCUT2D eigenvalue weighted by atomic mass is 9.61. The fourth-order valence-corrected chi connectivity index (χ4v) is 6.75. The van der Waals surface area contributed by atoms with E-state index in [-0.39, 0.29) is 37.2 Å². The number of rotatable bonds is 5. The molecule has 4 aromatic rings. The van der Waals surface area contributed by atoms with Crippen LogP contribution in [0.1, 0.15) is 53.0 Å². The van der Waals surface area contributed by atoms with E-state index in [1.807, 2.05) is 67.6 Å². The molecule has 0 saturated heterocycles. The van der Waals surface area contributed by atoms with Crippen molar-refractivity contribution in [1.29, 1.82) is 0 Å². The van der Waals surface area contributed by atoms with E-state index in [1.165, 1.54) is 4.90 Å². The highest BCUT2D eigenvalue weighted by Crippen LogP contribution is 2.54. The molecule has 3 aromatic carbocycles. The molecule has 8 heteroatoms. The Balaban J connectivity index is 1.32. The predicted octanol–water partition coefficient (Wildman–Crippen LogP) is 5.20. The van der Waals surface area contributed by atoms with Gasteiger partial charge in [0.25, 0.3) is 17.7 Å². The molecule has 8 nitrogen and oxygen atoms in total. The zero-order valence-corrected chi connectivity index (χ0v) is 23.3. The quantitative estimate of drug-likeness (QED) is 0.338. The number of nitrogens with zero attached hydrogens (tertiary/aromatic N) is 3. The van der Waals surface area contributed by atoms with Crippen molar-refractivity contribution in [2.45, 2.75) is 37.8 Å². The molecule has 1 N–H and O–H groups in total. The van der Waals surface area contributed by atoms with Crippen molar-refractivity contribution in [3.05, 3.63) is 102 Å². The Kier molecular flexibility index (Phi) is 5.81. The van der Waals surface area contributed by atoms with Crippen molar-refractivity contribution in [1.82, 2.24) is 9.88 Å². The maximum atomic E-state index is 13.5. The summed E-state index contributed by atoms with van der Waals surface area (Å²) < 4.78 is 5.76. The number of aliphatic hydroxyl groups is 1. The highest BCUT2D eigenvalue weighted by Gasteiger charge is 2.60. The summed E-state index contributed by atoms with van der Waals surface area (Å²) in [6.07, 6.45) is 0.484. The summed E-state index contributed by atoms with van der Waals surface area (Å²) in [6.45, 7) is 4.08. The Morgan fingerprint density at radius 3 is 2.05 bits per heavy atom. The van der Waals surface area contributed by atoms with Crippen LogP contribution < -0.4 is 9.64 Å². The Morgan fingerprint density at radius 2 is 1.45 bits per heavy atom. The van der Waals surface area contributed by atoms with Crippen molar-refractivity contribution >= 4 is 23.4 Å². The molecular weight excluding hydrogens is 530 g/mol. The zero-order chi connectivity index (χ0) is 29.2. The second-order valence-corrected chi connectivity index (χ2v) is 11.5. The third-order valence-electron chi connectivity index (χ3n) is 8.56. The number of pyridine rings is 1. The molecule has 7 rings (SSSR count). The Morgan fingerprint density at radius 1 is 0.833 bits per heavy atom. The van der Waals surface area contributed by atoms with Crippen LogP contribution in [0.5, 0.6) is 5.88 Å². The van der Waals surface area contributed by atoms with Gasteiger partial charge in [-0.3, -0.25) is 19.3 Å². The predicted molar refractivity (Wildman–Crippen MR) is 157 cm³/mol. The van der Waals surface area contributed by atoms with Crippen LogP contribution in [0.4, 0.5) is 5.69 Å². The van der Waals surface area contributed by atoms with Crippen LogP contribution in [-0.2, 0) is 10.3 Å². The fraction of sp³-hybridized carbons (Fsp3) is 0.235. The lowest BCUT2D eigenvalue weighted by Gasteiger charge is -2.55. The molecule has 210 valence electrons. The zero-order valence-electron chi connectivity index (χ0n) is 23.3. The smallest absolute Gasteiger partial charge is 0.265 e. The lowest BCUT2D eigenvalue weighted by molar-refractivity contribution is -0.121. The summed E-state index contributed by atoms with van der Waals surface area (Å²) in [4.78, 5) is 47.4. The number of amides is 3. The molecule has 0 bridgehead atoms. The Hall–Kier alpha value is -4.82. The van der Waals surface area contributed by atoms with Crippen LogP contribution in [-0.4, -0.2) is 51.5 Å². The van der Waals surface area contributed by atoms with Crippen LogP contribution in [0.25, 0.3) is 22.4 Å². The van der Waals surface area contributed by atoms with Gasteiger partial charge in [0.1, 0.15) is 5.69 Å². The number of imide groups is 1. The average Bonchev–Trinajstić information content (AvgIpc) is 3.25. The van der Waals surface area contributed by atoms with Crippen molar-refractivity contribution in [2.24, 2.45) is 0 Å². The third-order valence-corrected chi connectivity index (χ3v) is 8.56. The summed E-state index contributed by atoms with van der Waals surface area (Å²) in [6, 6.07) is 26.3. The Labute approximate surface area is 243 Å². The van der Waals surface area contributed by atoms with Gasteiger partial charge in [-0.25, -0.2) is 4.98 Å². The molecule has 0 atom stereocenters. The van der Waals surface area contributed by atoms with Gasteiger partial charge in [-0.2, -0.15) is 0 Å². The number of anilines is 1. The van der Waals surface area contributed by atoms with E-state index in [0.717, 1.165) is 22.3 Å². The molecule has 3 heterocycles. The number of likely N-dealkylation sites (N-methyl/N-ethyl adjacent to an activating group) is 1. The van der Waals surface area contributed by atoms with Gasteiger partial charge >= 0.3 is 0 Å². The largest absolute Gasteiger partial charge is 0.466 e. The minimum absolute atomic E-state index is 0.0698. The second-order valence-electron chi connectivity index (χ2n) is 11.5. The van der Waals surface area contributed by atoms with E-state index < -0.39 is 11.1 Å². The molecule has 1 saturated carbocycles. The number of hydrogen-bond donors (Lipinski definition) is 1. The molecule has 42 heavy (non-hydrogen) atoms. The average molecular weight is 560 g/mol. The van der Waals surface area contributed by atoms with E-state index in [4.69, 9.17) is 9.72 Å². The first-order chi connectivity index (χ1) is 20.2. The van der Waals surface area contributed by atoms with Crippen molar-refractivity contribution in [3.63, 3.8) is 0 Å². The van der Waals surface area contributed by atoms with Gasteiger partial charge in [0, 0.05) is 30.5 Å². The summed E-state index contributed by atoms with van der Waals surface area (Å²) in [5.74, 6) is -0.402. The molecule has 0 radical (unpaired) electrons. The van der Waals surface area contributed by atoms with Gasteiger partial charge in [-0.15, -0.1) is 0 Å². The van der Waals surface area contributed by atoms with E-state index in [2.05, 4.69) is 0 Å². The number of fused-ring (bicyclic) bond motifs is 2. The normalized spacial score (nSPS) is 22.9. The molecular formula is C34H29N3O5. The van der Waals surface area contributed by atoms with E-state index in [9.17, 15) is 19.5 Å². The molecule has 3 aliphatic rings. The maximum Gasteiger partial charge on any atom is 0.265 e. The Bertz CT molecular complexity index is 1720. The molecule has 1 aromatic heterocycles. The number of carbonyl (C=O) groups is 3. The van der Waals surface area contributed by atoms with Gasteiger partial charge < -0.3 is 14.7 Å². The topological polar surface area (TPSA) is 100 Å². The minimum Gasteiger partial charge on any atom is -0.466 e. The first-order valence-corrected chi connectivity index (χ1v) is 14.1.